The molecule has 2 heteroatoms. The SMILES string of the molecule is CC1=C(C)CC2=C(C1)C(=O)[C@@H]1CC(C)=C(C)C[C@]21S(C)(C)C. The standard InChI is InChI=1S/C20H30OS/c1-12-8-16-17(9-13(12)2)20(22(5,6)7)11-15(4)14(3)10-18(20)19(16)21/h18H,8-11H2,1-7H3/t18-,20-/m0/s1. The highest BCUT2D eigenvalue weighted by Gasteiger charge is 2.58. The molecule has 0 aromatic carbocycles. The van der Waals surface area contributed by atoms with Crippen LogP contribution in [0, 0.1) is 5.92 Å². The highest BCUT2D eigenvalue weighted by Crippen LogP contribution is 2.69. The van der Waals surface area contributed by atoms with Gasteiger partial charge in [0.1, 0.15) is 0 Å². The molecule has 1 nitrogen and oxygen atoms in total. The van der Waals surface area contributed by atoms with Crippen molar-refractivity contribution in [2.75, 3.05) is 18.8 Å². The highest BCUT2D eigenvalue weighted by molar-refractivity contribution is 8.33. The number of allylic oxidation sites excluding steroid dienone is 5. The minimum atomic E-state index is -0.860. The molecule has 0 amide bonds. The summed E-state index contributed by atoms with van der Waals surface area (Å²) in [6, 6.07) is 0. The van der Waals surface area contributed by atoms with Crippen LogP contribution in [-0.4, -0.2) is 29.3 Å². The molecule has 0 aromatic heterocycles. The van der Waals surface area contributed by atoms with Gasteiger partial charge in [0.25, 0.3) is 0 Å². The zero-order valence-corrected chi connectivity index (χ0v) is 16.0. The molecule has 0 saturated carbocycles. The minimum Gasteiger partial charge on any atom is -0.294 e. The van der Waals surface area contributed by atoms with Crippen LogP contribution in [0.25, 0.3) is 0 Å². The summed E-state index contributed by atoms with van der Waals surface area (Å²) in [4.78, 5) is 13.2. The Morgan fingerprint density at radius 3 is 2.09 bits per heavy atom. The minimum absolute atomic E-state index is 0.130. The average molecular weight is 319 g/mol. The second-order valence-electron chi connectivity index (χ2n) is 8.46. The Hall–Kier alpha value is -0.760. The van der Waals surface area contributed by atoms with Crippen molar-refractivity contribution in [3.8, 4) is 0 Å². The summed E-state index contributed by atoms with van der Waals surface area (Å²) >= 11 is 0. The molecular formula is C20H30OS. The van der Waals surface area contributed by atoms with E-state index in [0.29, 0.717) is 5.78 Å². The summed E-state index contributed by atoms with van der Waals surface area (Å²) in [7, 11) is -0.860. The maximum Gasteiger partial charge on any atom is 0.164 e. The highest BCUT2D eigenvalue weighted by atomic mass is 32.3. The lowest BCUT2D eigenvalue weighted by Crippen LogP contribution is -2.45. The normalized spacial score (nSPS) is 33.4. The molecule has 2 atom stereocenters. The van der Waals surface area contributed by atoms with Crippen molar-refractivity contribution < 1.29 is 4.79 Å². The second-order valence-corrected chi connectivity index (χ2v) is 12.9. The van der Waals surface area contributed by atoms with Crippen LogP contribution >= 0.6 is 10.0 Å². The van der Waals surface area contributed by atoms with Crippen LogP contribution in [0.1, 0.15) is 53.4 Å². The van der Waals surface area contributed by atoms with E-state index < -0.39 is 10.0 Å². The van der Waals surface area contributed by atoms with Gasteiger partial charge in [-0.25, -0.2) is 10.0 Å². The van der Waals surface area contributed by atoms with Crippen LogP contribution in [-0.2, 0) is 4.79 Å². The van der Waals surface area contributed by atoms with Gasteiger partial charge in [-0.05, 0) is 77.7 Å². The van der Waals surface area contributed by atoms with Gasteiger partial charge in [-0.15, -0.1) is 0 Å². The van der Waals surface area contributed by atoms with Gasteiger partial charge in [-0.2, -0.15) is 0 Å². The van der Waals surface area contributed by atoms with Crippen LogP contribution in [0.4, 0.5) is 0 Å². The third-order valence-electron chi connectivity index (χ3n) is 6.52. The largest absolute Gasteiger partial charge is 0.294 e. The molecule has 122 valence electrons. The van der Waals surface area contributed by atoms with Gasteiger partial charge in [0.15, 0.2) is 5.78 Å². The topological polar surface area (TPSA) is 17.1 Å². The Morgan fingerprint density at radius 1 is 0.909 bits per heavy atom. The number of hydrogen-bond acceptors (Lipinski definition) is 1. The van der Waals surface area contributed by atoms with Gasteiger partial charge in [0, 0.05) is 16.2 Å². The lowest BCUT2D eigenvalue weighted by atomic mass is 9.73. The predicted octanol–water partition coefficient (Wildman–Crippen LogP) is 5.18. The number of rotatable bonds is 1. The molecule has 0 aromatic rings. The molecular weight excluding hydrogens is 288 g/mol. The van der Waals surface area contributed by atoms with Gasteiger partial charge in [-0.1, -0.05) is 22.3 Å². The van der Waals surface area contributed by atoms with Gasteiger partial charge in [-0.3, -0.25) is 4.79 Å². The first-order chi connectivity index (χ1) is 10.1. The molecule has 0 bridgehead atoms. The van der Waals surface area contributed by atoms with Crippen LogP contribution in [0.3, 0.4) is 0 Å². The number of ketones is 1. The van der Waals surface area contributed by atoms with E-state index in [0.717, 1.165) is 25.7 Å². The van der Waals surface area contributed by atoms with E-state index in [1.165, 1.54) is 33.4 Å². The molecule has 0 unspecified atom stereocenters. The van der Waals surface area contributed by atoms with Gasteiger partial charge >= 0.3 is 0 Å². The first kappa shape index (κ1) is 16.1. The summed E-state index contributed by atoms with van der Waals surface area (Å²) in [5.74, 6) is 0.700. The lowest BCUT2D eigenvalue weighted by molar-refractivity contribution is -0.119. The van der Waals surface area contributed by atoms with E-state index in [1.807, 2.05) is 0 Å². The molecule has 0 N–H and O–H groups in total. The summed E-state index contributed by atoms with van der Waals surface area (Å²) < 4.78 is 0.130. The average Bonchev–Trinajstić information content (AvgIpc) is 2.62. The Morgan fingerprint density at radius 2 is 1.50 bits per heavy atom. The Balaban J connectivity index is 2.20. The zero-order valence-electron chi connectivity index (χ0n) is 15.2. The molecule has 0 spiro atoms. The van der Waals surface area contributed by atoms with Crippen molar-refractivity contribution in [3.63, 3.8) is 0 Å². The van der Waals surface area contributed by atoms with Crippen LogP contribution in [0.5, 0.6) is 0 Å². The van der Waals surface area contributed by atoms with Crippen LogP contribution < -0.4 is 0 Å². The predicted molar refractivity (Wildman–Crippen MR) is 98.8 cm³/mol. The van der Waals surface area contributed by atoms with Crippen LogP contribution in [0.15, 0.2) is 33.4 Å². The molecule has 0 fully saturated rings. The molecule has 0 heterocycles. The van der Waals surface area contributed by atoms with Crippen molar-refractivity contribution in [3.05, 3.63) is 33.4 Å². The van der Waals surface area contributed by atoms with Gasteiger partial charge < -0.3 is 0 Å². The van der Waals surface area contributed by atoms with E-state index in [9.17, 15) is 4.79 Å². The molecule has 3 aliphatic rings. The van der Waals surface area contributed by atoms with E-state index in [-0.39, 0.29) is 10.7 Å². The first-order valence-electron chi connectivity index (χ1n) is 8.34. The number of carbonyl (C=O) groups is 1. The monoisotopic (exact) mass is 318 g/mol. The number of carbonyl (C=O) groups excluding carboxylic acids is 1. The quantitative estimate of drug-likeness (QED) is 0.609. The maximum atomic E-state index is 13.2. The molecule has 0 saturated heterocycles. The number of fused-ring (bicyclic) bond motifs is 2. The Bertz CT molecular complexity index is 654. The smallest absolute Gasteiger partial charge is 0.164 e. The van der Waals surface area contributed by atoms with Gasteiger partial charge in [0.05, 0.1) is 0 Å². The number of Topliss-reactive ketones (excluding diaryl/α,β-unsaturated/α-hetero) is 1. The lowest BCUT2D eigenvalue weighted by Gasteiger charge is -2.54. The Kier molecular flexibility index (Phi) is 3.56. The van der Waals surface area contributed by atoms with Gasteiger partial charge in [0.2, 0.25) is 0 Å². The maximum absolute atomic E-state index is 13.2. The van der Waals surface area contributed by atoms with E-state index >= 15 is 0 Å². The van der Waals surface area contributed by atoms with Crippen molar-refractivity contribution in [1.82, 2.24) is 0 Å². The molecule has 22 heavy (non-hydrogen) atoms. The van der Waals surface area contributed by atoms with Crippen molar-refractivity contribution in [1.29, 1.82) is 0 Å². The summed E-state index contributed by atoms with van der Waals surface area (Å²) in [6.45, 7) is 8.99. The van der Waals surface area contributed by atoms with E-state index in [4.69, 9.17) is 0 Å². The van der Waals surface area contributed by atoms with E-state index in [2.05, 4.69) is 46.5 Å². The fourth-order valence-corrected chi connectivity index (χ4v) is 7.47. The third kappa shape index (κ3) is 1.95. The second kappa shape index (κ2) is 4.87. The van der Waals surface area contributed by atoms with E-state index in [1.54, 1.807) is 0 Å². The van der Waals surface area contributed by atoms with Crippen LogP contribution in [0.2, 0.25) is 0 Å². The van der Waals surface area contributed by atoms with Crippen molar-refractivity contribution >= 4 is 15.8 Å². The first-order valence-corrected chi connectivity index (χ1v) is 11.2. The summed E-state index contributed by atoms with van der Waals surface area (Å²) in [6.07, 6.45) is 11.3. The number of hydrogen-bond donors (Lipinski definition) is 0. The van der Waals surface area contributed by atoms with Crippen molar-refractivity contribution in [2.24, 2.45) is 5.92 Å². The zero-order chi connectivity index (χ0) is 16.4. The fraction of sp³-hybridized carbons (Fsp3) is 0.650. The molecule has 0 radical (unpaired) electrons. The Labute approximate surface area is 137 Å². The van der Waals surface area contributed by atoms with Crippen molar-refractivity contribution in [2.45, 2.75) is 58.1 Å². The summed E-state index contributed by atoms with van der Waals surface area (Å²) in [5.41, 5.74) is 8.63. The molecule has 3 aliphatic carbocycles. The summed E-state index contributed by atoms with van der Waals surface area (Å²) in [5, 5.41) is 0. The molecule has 3 rings (SSSR count). The third-order valence-corrected chi connectivity index (χ3v) is 9.38. The molecule has 0 aliphatic heterocycles. The fourth-order valence-electron chi connectivity index (χ4n) is 4.84.